The number of rotatable bonds is 6. The molecule has 3 N–H and O–H groups in total. The fourth-order valence-electron chi connectivity index (χ4n) is 3.53. The third kappa shape index (κ3) is 4.30. The fraction of sp³-hybridized carbons (Fsp3) is 0.286. The van der Waals surface area contributed by atoms with E-state index in [2.05, 4.69) is 40.3 Å². The summed E-state index contributed by atoms with van der Waals surface area (Å²) in [6.07, 6.45) is 1.67. The summed E-state index contributed by atoms with van der Waals surface area (Å²) in [5, 5.41) is 9.97. The Kier molecular flexibility index (Phi) is 5.38. The van der Waals surface area contributed by atoms with Crippen molar-refractivity contribution in [3.05, 3.63) is 52.9 Å². The number of H-pyrrole nitrogens is 2. The molecule has 4 heterocycles. The predicted molar refractivity (Wildman–Crippen MR) is 117 cm³/mol. The summed E-state index contributed by atoms with van der Waals surface area (Å²) in [5.74, 6) is 1.01. The van der Waals surface area contributed by atoms with Crippen molar-refractivity contribution in [2.24, 2.45) is 0 Å². The van der Waals surface area contributed by atoms with Crippen LogP contribution in [0.15, 0.2) is 47.4 Å². The van der Waals surface area contributed by atoms with E-state index in [1.54, 1.807) is 18.3 Å². The van der Waals surface area contributed by atoms with Crippen LogP contribution in [0.5, 0.6) is 0 Å². The largest absolute Gasteiger partial charge is 0.379 e. The van der Waals surface area contributed by atoms with E-state index in [0.29, 0.717) is 28.7 Å². The number of morpholine rings is 1. The van der Waals surface area contributed by atoms with Crippen molar-refractivity contribution in [2.45, 2.75) is 0 Å². The first-order valence-electron chi connectivity index (χ1n) is 10.2. The molecule has 5 rings (SSSR count). The van der Waals surface area contributed by atoms with Gasteiger partial charge in [-0.3, -0.25) is 9.69 Å². The molecule has 1 fully saturated rings. The Morgan fingerprint density at radius 2 is 1.97 bits per heavy atom. The summed E-state index contributed by atoms with van der Waals surface area (Å²) in [5.41, 5.74) is 2.89. The van der Waals surface area contributed by atoms with Gasteiger partial charge in [-0.15, -0.1) is 0 Å². The molecular formula is C21H22N8O2. The van der Waals surface area contributed by atoms with Crippen LogP contribution >= 0.6 is 0 Å². The van der Waals surface area contributed by atoms with E-state index in [9.17, 15) is 4.79 Å². The number of hydrogen-bond donors (Lipinski definition) is 3. The van der Waals surface area contributed by atoms with E-state index in [4.69, 9.17) is 4.74 Å². The molecule has 0 radical (unpaired) electrons. The highest BCUT2D eigenvalue weighted by Crippen LogP contribution is 2.21. The number of nitrogens with zero attached hydrogens (tertiary/aromatic N) is 5. The quantitative estimate of drug-likeness (QED) is 0.430. The van der Waals surface area contributed by atoms with Crippen LogP contribution in [0.1, 0.15) is 0 Å². The highest BCUT2D eigenvalue weighted by atomic mass is 16.5. The number of benzene rings is 1. The smallest absolute Gasteiger partial charge is 0.275 e. The predicted octanol–water partition coefficient (Wildman–Crippen LogP) is 1.51. The zero-order valence-corrected chi connectivity index (χ0v) is 16.8. The van der Waals surface area contributed by atoms with Gasteiger partial charge in [0, 0.05) is 32.4 Å². The molecule has 1 saturated heterocycles. The van der Waals surface area contributed by atoms with E-state index < -0.39 is 0 Å². The van der Waals surface area contributed by atoms with Gasteiger partial charge in [0.2, 0.25) is 5.95 Å². The molecule has 10 heteroatoms. The van der Waals surface area contributed by atoms with Crippen LogP contribution in [0.4, 0.5) is 5.95 Å². The molecule has 0 spiro atoms. The number of nitrogens with one attached hydrogen (secondary N) is 3. The van der Waals surface area contributed by atoms with Crippen molar-refractivity contribution in [1.29, 1.82) is 0 Å². The Morgan fingerprint density at radius 1 is 1.10 bits per heavy atom. The monoisotopic (exact) mass is 418 g/mol. The van der Waals surface area contributed by atoms with Crippen LogP contribution in [-0.2, 0) is 4.74 Å². The summed E-state index contributed by atoms with van der Waals surface area (Å²) in [4.78, 5) is 31.3. The minimum Gasteiger partial charge on any atom is -0.379 e. The first-order valence-corrected chi connectivity index (χ1v) is 10.2. The molecule has 0 saturated carbocycles. The standard InChI is InChI=1S/C21H22N8O2/c30-20-14(19-24-15-3-1-2-4-16(15)25-19)13-18(27-28-20)17-5-6-22-21(26-17)23-7-8-29-9-11-31-12-10-29/h1-6,13H,7-12H2,(H,24,25)(H,28,30)(H,22,23,26). The lowest BCUT2D eigenvalue weighted by molar-refractivity contribution is 0.0398. The Hall–Kier alpha value is -3.63. The van der Waals surface area contributed by atoms with E-state index in [0.717, 1.165) is 50.4 Å². The second-order valence-corrected chi connectivity index (χ2v) is 7.24. The number of ether oxygens (including phenoxy) is 1. The normalized spacial score (nSPS) is 14.7. The van der Waals surface area contributed by atoms with Crippen molar-refractivity contribution in [2.75, 3.05) is 44.7 Å². The number of para-hydroxylation sites is 2. The molecular weight excluding hydrogens is 396 g/mol. The van der Waals surface area contributed by atoms with Gasteiger partial charge in [-0.1, -0.05) is 12.1 Å². The maximum atomic E-state index is 12.4. The van der Waals surface area contributed by atoms with Gasteiger partial charge in [-0.05, 0) is 24.3 Å². The Labute approximate surface area is 177 Å². The average Bonchev–Trinajstić information content (AvgIpc) is 3.24. The zero-order chi connectivity index (χ0) is 21.0. The van der Waals surface area contributed by atoms with Crippen LogP contribution in [-0.4, -0.2) is 74.4 Å². The average molecular weight is 418 g/mol. The van der Waals surface area contributed by atoms with E-state index in [1.807, 2.05) is 24.3 Å². The van der Waals surface area contributed by atoms with Gasteiger partial charge in [-0.2, -0.15) is 5.10 Å². The first kappa shape index (κ1) is 19.3. The van der Waals surface area contributed by atoms with Crippen LogP contribution in [0.25, 0.3) is 33.8 Å². The van der Waals surface area contributed by atoms with E-state index in [-0.39, 0.29) is 5.56 Å². The topological polar surface area (TPSA) is 125 Å². The van der Waals surface area contributed by atoms with E-state index >= 15 is 0 Å². The van der Waals surface area contributed by atoms with Gasteiger partial charge < -0.3 is 15.0 Å². The van der Waals surface area contributed by atoms with Gasteiger partial charge >= 0.3 is 0 Å². The van der Waals surface area contributed by atoms with Gasteiger partial charge in [0.05, 0.1) is 35.5 Å². The van der Waals surface area contributed by atoms with Crippen molar-refractivity contribution >= 4 is 17.0 Å². The lowest BCUT2D eigenvalue weighted by atomic mass is 10.2. The Bertz CT molecular complexity index is 1210. The number of fused-ring (bicyclic) bond motifs is 1. The van der Waals surface area contributed by atoms with Crippen LogP contribution < -0.4 is 10.9 Å². The Balaban J connectivity index is 1.36. The SMILES string of the molecule is O=c1[nH]nc(-c2ccnc(NCCN3CCOCC3)n2)cc1-c1nc2ccccc2[nH]1. The summed E-state index contributed by atoms with van der Waals surface area (Å²) in [6.45, 7) is 5.05. The molecule has 1 aliphatic heterocycles. The Morgan fingerprint density at radius 3 is 2.84 bits per heavy atom. The van der Waals surface area contributed by atoms with Gasteiger partial charge in [0.1, 0.15) is 11.5 Å². The van der Waals surface area contributed by atoms with Crippen molar-refractivity contribution < 1.29 is 4.74 Å². The third-order valence-corrected chi connectivity index (χ3v) is 5.18. The van der Waals surface area contributed by atoms with E-state index in [1.165, 1.54) is 0 Å². The third-order valence-electron chi connectivity index (χ3n) is 5.18. The number of aromatic amines is 2. The summed E-state index contributed by atoms with van der Waals surface area (Å²) in [7, 11) is 0. The highest BCUT2D eigenvalue weighted by molar-refractivity contribution is 5.79. The van der Waals surface area contributed by atoms with Gasteiger partial charge in [0.25, 0.3) is 5.56 Å². The highest BCUT2D eigenvalue weighted by Gasteiger charge is 2.13. The molecule has 0 amide bonds. The molecule has 158 valence electrons. The van der Waals surface area contributed by atoms with Crippen molar-refractivity contribution in [1.82, 2.24) is 35.0 Å². The summed E-state index contributed by atoms with van der Waals surface area (Å²) in [6, 6.07) is 11.1. The molecule has 0 unspecified atom stereocenters. The van der Waals surface area contributed by atoms with Crippen molar-refractivity contribution in [3.8, 4) is 22.8 Å². The first-order chi connectivity index (χ1) is 15.3. The molecule has 3 aromatic heterocycles. The van der Waals surface area contributed by atoms with Gasteiger partial charge in [0.15, 0.2) is 0 Å². The summed E-state index contributed by atoms with van der Waals surface area (Å²) >= 11 is 0. The number of imidazole rings is 1. The molecule has 0 bridgehead atoms. The fourth-order valence-corrected chi connectivity index (χ4v) is 3.53. The lowest BCUT2D eigenvalue weighted by Crippen LogP contribution is -2.39. The zero-order valence-electron chi connectivity index (χ0n) is 16.8. The molecule has 1 aromatic carbocycles. The molecule has 0 aliphatic carbocycles. The molecule has 1 aliphatic rings. The second kappa shape index (κ2) is 8.62. The van der Waals surface area contributed by atoms with Crippen LogP contribution in [0.3, 0.4) is 0 Å². The minimum absolute atomic E-state index is 0.319. The number of anilines is 1. The van der Waals surface area contributed by atoms with Crippen LogP contribution in [0, 0.1) is 0 Å². The maximum Gasteiger partial charge on any atom is 0.275 e. The maximum absolute atomic E-state index is 12.4. The van der Waals surface area contributed by atoms with Crippen LogP contribution in [0.2, 0.25) is 0 Å². The molecule has 4 aromatic rings. The second-order valence-electron chi connectivity index (χ2n) is 7.24. The molecule has 31 heavy (non-hydrogen) atoms. The lowest BCUT2D eigenvalue weighted by Gasteiger charge is -2.26. The van der Waals surface area contributed by atoms with Crippen molar-refractivity contribution in [3.63, 3.8) is 0 Å². The number of aromatic nitrogens is 6. The molecule has 10 nitrogen and oxygen atoms in total. The molecule has 0 atom stereocenters. The number of hydrogen-bond acceptors (Lipinski definition) is 8. The van der Waals surface area contributed by atoms with Gasteiger partial charge in [-0.25, -0.2) is 20.1 Å². The summed E-state index contributed by atoms with van der Waals surface area (Å²) < 4.78 is 5.37. The minimum atomic E-state index is -0.319.